The van der Waals surface area contributed by atoms with Gasteiger partial charge in [-0.05, 0) is 36.6 Å². The van der Waals surface area contributed by atoms with Crippen LogP contribution in [0.25, 0.3) is 11.3 Å². The zero-order valence-corrected chi connectivity index (χ0v) is 17.0. The van der Waals surface area contributed by atoms with E-state index in [-0.39, 0.29) is 5.78 Å². The maximum Gasteiger partial charge on any atom is 0.209 e. The summed E-state index contributed by atoms with van der Waals surface area (Å²) in [4.78, 5) is 31.1. The second-order valence-electron chi connectivity index (χ2n) is 7.46. The number of H-pyrrole nitrogens is 1. The molecule has 2 aromatic heterocycles. The van der Waals surface area contributed by atoms with Crippen LogP contribution < -0.4 is 5.32 Å². The number of amides is 1. The number of nitrogens with zero attached hydrogens (tertiary/aromatic N) is 2. The molecule has 0 spiro atoms. The second kappa shape index (κ2) is 9.19. The third kappa shape index (κ3) is 4.90. The van der Waals surface area contributed by atoms with E-state index in [2.05, 4.69) is 22.2 Å². The lowest BCUT2D eigenvalue weighted by Crippen LogP contribution is -2.17. The predicted molar refractivity (Wildman–Crippen MR) is 115 cm³/mol. The molecule has 1 unspecified atom stereocenters. The van der Waals surface area contributed by atoms with Gasteiger partial charge in [0.25, 0.3) is 0 Å². The molecule has 29 heavy (non-hydrogen) atoms. The standard InChI is InChI=1S/C20H19N3O.C3H7NO/c1-13-11-16-18(17(24)12-13)20(22-15-5-3-2-4-6-15)19(23-16)14-7-9-21-10-8-14;1-4(2)3-5/h2-10,13,22-23H,11-12H2,1H3;3H,1-2H3. The van der Waals surface area contributed by atoms with E-state index in [9.17, 15) is 9.59 Å². The van der Waals surface area contributed by atoms with E-state index >= 15 is 0 Å². The van der Waals surface area contributed by atoms with Crippen LogP contribution in [0.3, 0.4) is 0 Å². The third-order valence-electron chi connectivity index (χ3n) is 4.67. The van der Waals surface area contributed by atoms with Crippen LogP contribution in [0.1, 0.15) is 29.4 Å². The summed E-state index contributed by atoms with van der Waals surface area (Å²) in [6.45, 7) is 2.12. The molecule has 6 nitrogen and oxygen atoms in total. The quantitative estimate of drug-likeness (QED) is 0.652. The Morgan fingerprint density at radius 3 is 2.38 bits per heavy atom. The number of para-hydroxylation sites is 1. The van der Waals surface area contributed by atoms with E-state index in [4.69, 9.17) is 0 Å². The van der Waals surface area contributed by atoms with E-state index in [0.717, 1.165) is 46.7 Å². The molecule has 3 aromatic rings. The molecule has 2 N–H and O–H groups in total. The van der Waals surface area contributed by atoms with Crippen LogP contribution in [0.2, 0.25) is 0 Å². The Balaban J connectivity index is 0.000000431. The van der Waals surface area contributed by atoms with Crippen molar-refractivity contribution in [3.8, 4) is 11.3 Å². The molecule has 1 atom stereocenters. The lowest BCUT2D eigenvalue weighted by Gasteiger charge is -2.18. The van der Waals surface area contributed by atoms with E-state index in [0.29, 0.717) is 12.3 Å². The average molecular weight is 390 g/mol. The molecule has 1 aromatic carbocycles. The minimum absolute atomic E-state index is 0.207. The first-order valence-corrected chi connectivity index (χ1v) is 9.61. The monoisotopic (exact) mass is 390 g/mol. The van der Waals surface area contributed by atoms with Gasteiger partial charge in [-0.3, -0.25) is 14.6 Å². The van der Waals surface area contributed by atoms with Crippen molar-refractivity contribution in [1.29, 1.82) is 0 Å². The predicted octanol–water partition coefficient (Wildman–Crippen LogP) is 4.29. The van der Waals surface area contributed by atoms with Crippen LogP contribution in [0.15, 0.2) is 54.9 Å². The van der Waals surface area contributed by atoms with Crippen molar-refractivity contribution in [2.75, 3.05) is 19.4 Å². The lowest BCUT2D eigenvalue weighted by molar-refractivity contribution is -0.115. The number of carbonyl (C=O) groups excluding carboxylic acids is 2. The average Bonchev–Trinajstić information content (AvgIpc) is 3.08. The number of nitrogens with one attached hydrogen (secondary N) is 2. The van der Waals surface area contributed by atoms with Crippen LogP contribution in [-0.4, -0.2) is 41.2 Å². The van der Waals surface area contributed by atoms with Crippen molar-refractivity contribution in [3.63, 3.8) is 0 Å². The fourth-order valence-electron chi connectivity index (χ4n) is 3.38. The molecule has 4 rings (SSSR count). The van der Waals surface area contributed by atoms with Gasteiger partial charge in [-0.2, -0.15) is 0 Å². The van der Waals surface area contributed by atoms with Gasteiger partial charge in [-0.15, -0.1) is 0 Å². The molecule has 2 heterocycles. The van der Waals surface area contributed by atoms with Gasteiger partial charge in [0, 0.05) is 49.9 Å². The fourth-order valence-corrected chi connectivity index (χ4v) is 3.38. The van der Waals surface area contributed by atoms with E-state index in [1.165, 1.54) is 4.90 Å². The minimum Gasteiger partial charge on any atom is -0.356 e. The number of pyridine rings is 1. The Labute approximate surface area is 171 Å². The molecule has 1 aliphatic rings. The van der Waals surface area contributed by atoms with Gasteiger partial charge in [0.05, 0.1) is 16.9 Å². The summed E-state index contributed by atoms with van der Waals surface area (Å²) in [5.74, 6) is 0.581. The number of aromatic nitrogens is 2. The Kier molecular flexibility index (Phi) is 6.44. The molecule has 1 aliphatic carbocycles. The molecular weight excluding hydrogens is 364 g/mol. The van der Waals surface area contributed by atoms with Gasteiger partial charge in [0.1, 0.15) is 0 Å². The van der Waals surface area contributed by atoms with Gasteiger partial charge in [0.15, 0.2) is 5.78 Å². The molecule has 0 aliphatic heterocycles. The van der Waals surface area contributed by atoms with Crippen molar-refractivity contribution in [2.45, 2.75) is 19.8 Å². The number of anilines is 2. The first-order valence-electron chi connectivity index (χ1n) is 9.61. The first kappa shape index (κ1) is 20.3. The van der Waals surface area contributed by atoms with Crippen molar-refractivity contribution in [1.82, 2.24) is 14.9 Å². The maximum absolute atomic E-state index is 12.7. The Morgan fingerprint density at radius 1 is 1.10 bits per heavy atom. The Hall–Kier alpha value is -3.41. The number of benzene rings is 1. The van der Waals surface area contributed by atoms with Crippen molar-refractivity contribution in [3.05, 3.63) is 66.1 Å². The second-order valence-corrected chi connectivity index (χ2v) is 7.46. The number of aromatic amines is 1. The summed E-state index contributed by atoms with van der Waals surface area (Å²) in [5, 5.41) is 3.45. The van der Waals surface area contributed by atoms with Gasteiger partial charge < -0.3 is 15.2 Å². The van der Waals surface area contributed by atoms with Crippen LogP contribution in [-0.2, 0) is 11.2 Å². The number of carbonyl (C=O) groups is 2. The van der Waals surface area contributed by atoms with Crippen LogP contribution in [0.5, 0.6) is 0 Å². The van der Waals surface area contributed by atoms with Crippen molar-refractivity contribution >= 4 is 23.6 Å². The maximum atomic E-state index is 12.7. The SMILES string of the molecule is CC1CC(=O)c2c([nH]c(-c3ccncc3)c2Nc2ccccc2)C1.CN(C)C=O. The normalized spacial score (nSPS) is 15.0. The highest BCUT2D eigenvalue weighted by atomic mass is 16.1. The van der Waals surface area contributed by atoms with Crippen molar-refractivity contribution in [2.24, 2.45) is 5.92 Å². The summed E-state index contributed by atoms with van der Waals surface area (Å²) in [6.07, 6.45) is 5.79. The van der Waals surface area contributed by atoms with E-state index in [1.807, 2.05) is 42.5 Å². The van der Waals surface area contributed by atoms with Crippen molar-refractivity contribution < 1.29 is 9.59 Å². The summed E-state index contributed by atoms with van der Waals surface area (Å²) in [7, 11) is 3.38. The number of hydrogen-bond donors (Lipinski definition) is 2. The summed E-state index contributed by atoms with van der Waals surface area (Å²) in [5.41, 5.74) is 5.67. The number of Topliss-reactive ketones (excluding diaryl/α,β-unsaturated/α-hetero) is 1. The fraction of sp³-hybridized carbons (Fsp3) is 0.261. The zero-order valence-electron chi connectivity index (χ0n) is 17.0. The number of ketones is 1. The molecule has 0 radical (unpaired) electrons. The van der Waals surface area contributed by atoms with Gasteiger partial charge in [-0.1, -0.05) is 25.1 Å². The lowest BCUT2D eigenvalue weighted by atomic mass is 9.87. The summed E-state index contributed by atoms with van der Waals surface area (Å²) in [6, 6.07) is 13.9. The highest BCUT2D eigenvalue weighted by molar-refractivity contribution is 6.07. The third-order valence-corrected chi connectivity index (χ3v) is 4.67. The molecule has 0 saturated heterocycles. The zero-order chi connectivity index (χ0) is 20.8. The molecule has 6 heteroatoms. The molecule has 1 amide bonds. The topological polar surface area (TPSA) is 78.1 Å². The largest absolute Gasteiger partial charge is 0.356 e. The Bertz CT molecular complexity index is 965. The Morgan fingerprint density at radius 2 is 1.76 bits per heavy atom. The number of rotatable bonds is 4. The van der Waals surface area contributed by atoms with Gasteiger partial charge >= 0.3 is 0 Å². The molecule has 0 fully saturated rings. The molecule has 150 valence electrons. The molecule has 0 saturated carbocycles. The summed E-state index contributed by atoms with van der Waals surface area (Å²) >= 11 is 0. The number of fused-ring (bicyclic) bond motifs is 1. The minimum atomic E-state index is 0.207. The van der Waals surface area contributed by atoms with Gasteiger partial charge in [-0.25, -0.2) is 0 Å². The van der Waals surface area contributed by atoms with E-state index < -0.39 is 0 Å². The van der Waals surface area contributed by atoms with Gasteiger partial charge in [0.2, 0.25) is 6.41 Å². The highest BCUT2D eigenvalue weighted by Crippen LogP contribution is 2.39. The molecular formula is C23H26N4O2. The van der Waals surface area contributed by atoms with Crippen LogP contribution >= 0.6 is 0 Å². The molecule has 0 bridgehead atoms. The smallest absolute Gasteiger partial charge is 0.209 e. The highest BCUT2D eigenvalue weighted by Gasteiger charge is 2.29. The summed E-state index contributed by atoms with van der Waals surface area (Å²) < 4.78 is 0. The van der Waals surface area contributed by atoms with Crippen LogP contribution in [0, 0.1) is 5.92 Å². The first-order chi connectivity index (χ1) is 14.0. The van der Waals surface area contributed by atoms with E-state index in [1.54, 1.807) is 26.5 Å². The van der Waals surface area contributed by atoms with Crippen LogP contribution in [0.4, 0.5) is 11.4 Å². The number of hydrogen-bond acceptors (Lipinski definition) is 4.